The van der Waals surface area contributed by atoms with Crippen molar-refractivity contribution in [2.45, 2.75) is 219 Å². The standard InChI is InChI=1S/C39H72N2/c1-5-7-22-28-35-31-32-36(27-6-2)41(37-29-23-18-14-10-8-11-15-19-24-30-37)40(4)38(35)39(3)33-25-20-16-12-9-13-17-21-26-34-39/h32,36-38H,5-30,33-34H2,1-4H3. The van der Waals surface area contributed by atoms with Gasteiger partial charge < -0.3 is 0 Å². The van der Waals surface area contributed by atoms with E-state index in [9.17, 15) is 0 Å². The van der Waals surface area contributed by atoms with Crippen molar-refractivity contribution in [3.8, 4) is 0 Å². The zero-order valence-corrected chi connectivity index (χ0v) is 28.5. The van der Waals surface area contributed by atoms with Gasteiger partial charge in [-0.2, -0.15) is 0 Å². The quantitative estimate of drug-likeness (QED) is 0.212. The third kappa shape index (κ3) is 11.8. The van der Waals surface area contributed by atoms with Crippen molar-refractivity contribution >= 4 is 0 Å². The molecule has 2 aliphatic carbocycles. The number of unbranched alkanes of at least 4 members (excludes halogenated alkanes) is 2. The molecule has 0 amide bonds. The van der Waals surface area contributed by atoms with E-state index in [4.69, 9.17) is 0 Å². The van der Waals surface area contributed by atoms with E-state index >= 15 is 0 Å². The van der Waals surface area contributed by atoms with Crippen LogP contribution in [0.25, 0.3) is 0 Å². The Balaban J connectivity index is 1.95. The van der Waals surface area contributed by atoms with Crippen molar-refractivity contribution in [3.63, 3.8) is 0 Å². The van der Waals surface area contributed by atoms with Crippen LogP contribution in [0.15, 0.2) is 17.4 Å². The Labute approximate surface area is 258 Å². The lowest BCUT2D eigenvalue weighted by atomic mass is 9.70. The molecule has 0 saturated heterocycles. The largest absolute Gasteiger partial charge is 0.236 e. The Morgan fingerprint density at radius 3 is 1.66 bits per heavy atom. The molecule has 1 heterocycles. The molecular weight excluding hydrogens is 496 g/mol. The summed E-state index contributed by atoms with van der Waals surface area (Å²) in [4.78, 5) is 0. The molecule has 1 aliphatic heterocycles. The Bertz CT molecular complexity index is 710. The molecule has 2 nitrogen and oxygen atoms in total. The second-order valence-electron chi connectivity index (χ2n) is 14.8. The fourth-order valence-corrected chi connectivity index (χ4v) is 8.74. The van der Waals surface area contributed by atoms with Gasteiger partial charge >= 0.3 is 0 Å². The van der Waals surface area contributed by atoms with E-state index < -0.39 is 0 Å². The van der Waals surface area contributed by atoms with Crippen molar-refractivity contribution < 1.29 is 0 Å². The van der Waals surface area contributed by atoms with Gasteiger partial charge in [-0.1, -0.05) is 156 Å². The molecule has 2 heteroatoms. The maximum absolute atomic E-state index is 4.11. The Morgan fingerprint density at radius 1 is 0.683 bits per heavy atom. The highest BCUT2D eigenvalue weighted by Crippen LogP contribution is 2.44. The highest BCUT2D eigenvalue weighted by molar-refractivity contribution is 5.19. The number of hydrazine groups is 1. The van der Waals surface area contributed by atoms with Crippen LogP contribution < -0.4 is 0 Å². The highest BCUT2D eigenvalue weighted by Gasteiger charge is 2.43. The minimum absolute atomic E-state index is 0.334. The molecular formula is C39H72N2. The molecule has 0 aromatic heterocycles. The summed E-state index contributed by atoms with van der Waals surface area (Å²) in [6.07, 6.45) is 41.8. The molecule has 3 rings (SSSR count). The number of hydrogen-bond acceptors (Lipinski definition) is 2. The van der Waals surface area contributed by atoms with Gasteiger partial charge in [-0.15, -0.1) is 5.73 Å². The molecule has 0 spiro atoms. The van der Waals surface area contributed by atoms with Crippen molar-refractivity contribution in [2.24, 2.45) is 5.41 Å². The molecule has 0 bridgehead atoms. The molecule has 2 unspecified atom stereocenters. The first-order chi connectivity index (χ1) is 20.1. The van der Waals surface area contributed by atoms with E-state index in [1.54, 1.807) is 5.57 Å². The van der Waals surface area contributed by atoms with Crippen LogP contribution in [0.5, 0.6) is 0 Å². The minimum atomic E-state index is 0.334. The number of nitrogens with zero attached hydrogens (tertiary/aromatic N) is 2. The monoisotopic (exact) mass is 569 g/mol. The predicted molar refractivity (Wildman–Crippen MR) is 181 cm³/mol. The lowest BCUT2D eigenvalue weighted by molar-refractivity contribution is -0.119. The van der Waals surface area contributed by atoms with Crippen LogP contribution in [0.4, 0.5) is 0 Å². The van der Waals surface area contributed by atoms with E-state index in [2.05, 4.69) is 49.6 Å². The highest BCUT2D eigenvalue weighted by atomic mass is 15.6. The summed E-state index contributed by atoms with van der Waals surface area (Å²) in [6, 6.07) is 1.69. The van der Waals surface area contributed by atoms with Crippen LogP contribution in [-0.4, -0.2) is 35.2 Å². The number of likely N-dealkylation sites (N-methyl/N-ethyl adjacent to an activating group) is 1. The summed E-state index contributed by atoms with van der Waals surface area (Å²) in [5, 5.41) is 5.85. The number of hydrogen-bond donors (Lipinski definition) is 0. The summed E-state index contributed by atoms with van der Waals surface area (Å²) in [6.45, 7) is 7.47. The maximum Gasteiger partial charge on any atom is 0.0580 e. The molecule has 238 valence electrons. The molecule has 0 aromatic carbocycles. The fourth-order valence-electron chi connectivity index (χ4n) is 8.74. The van der Waals surface area contributed by atoms with Crippen LogP contribution in [-0.2, 0) is 0 Å². The molecule has 0 radical (unpaired) electrons. The molecule has 2 atom stereocenters. The van der Waals surface area contributed by atoms with Crippen molar-refractivity contribution in [2.75, 3.05) is 7.05 Å². The van der Waals surface area contributed by atoms with Gasteiger partial charge in [0, 0.05) is 13.1 Å². The van der Waals surface area contributed by atoms with Gasteiger partial charge in [0.25, 0.3) is 0 Å². The van der Waals surface area contributed by atoms with E-state index in [1.807, 2.05) is 0 Å². The third-order valence-electron chi connectivity index (χ3n) is 11.1. The summed E-state index contributed by atoms with van der Waals surface area (Å²) in [5.74, 6) is 0. The van der Waals surface area contributed by atoms with Gasteiger partial charge in [-0.25, -0.2) is 10.0 Å². The first-order valence-electron chi connectivity index (χ1n) is 19.1. The van der Waals surface area contributed by atoms with Crippen LogP contribution in [0, 0.1) is 5.41 Å². The Kier molecular flexibility index (Phi) is 17.4. The topological polar surface area (TPSA) is 6.48 Å². The molecule has 3 aliphatic rings. The Morgan fingerprint density at radius 2 is 1.17 bits per heavy atom. The summed E-state index contributed by atoms with van der Waals surface area (Å²) >= 11 is 0. The first-order valence-corrected chi connectivity index (χ1v) is 19.1. The second kappa shape index (κ2) is 20.4. The van der Waals surface area contributed by atoms with Gasteiger partial charge in [0.2, 0.25) is 0 Å². The fraction of sp³-hybridized carbons (Fsp3) is 0.923. The predicted octanol–water partition coefficient (Wildman–Crippen LogP) is 12.3. The molecule has 0 aromatic rings. The molecule has 2 fully saturated rings. The van der Waals surface area contributed by atoms with Crippen molar-refractivity contribution in [1.82, 2.24) is 10.0 Å². The van der Waals surface area contributed by atoms with Crippen molar-refractivity contribution in [3.05, 3.63) is 17.4 Å². The first kappa shape index (κ1) is 34.9. The number of rotatable bonds is 8. The second-order valence-corrected chi connectivity index (χ2v) is 14.8. The molecule has 41 heavy (non-hydrogen) atoms. The summed E-state index contributed by atoms with van der Waals surface area (Å²) < 4.78 is 0. The van der Waals surface area contributed by atoms with Gasteiger partial charge in [0.05, 0.1) is 12.1 Å². The van der Waals surface area contributed by atoms with Crippen LogP contribution in [0.2, 0.25) is 0 Å². The van der Waals surface area contributed by atoms with Gasteiger partial charge in [0.15, 0.2) is 0 Å². The van der Waals surface area contributed by atoms with Gasteiger partial charge in [-0.3, -0.25) is 0 Å². The van der Waals surface area contributed by atoms with Crippen LogP contribution >= 0.6 is 0 Å². The zero-order chi connectivity index (χ0) is 29.2. The van der Waals surface area contributed by atoms with E-state index in [0.29, 0.717) is 23.5 Å². The van der Waals surface area contributed by atoms with Crippen LogP contribution in [0.1, 0.15) is 201 Å². The maximum atomic E-state index is 4.11. The summed E-state index contributed by atoms with van der Waals surface area (Å²) in [7, 11) is 2.53. The lowest BCUT2D eigenvalue weighted by Crippen LogP contribution is -2.59. The molecule has 2 saturated carbocycles. The van der Waals surface area contributed by atoms with E-state index in [0.717, 1.165) is 0 Å². The smallest absolute Gasteiger partial charge is 0.0580 e. The van der Waals surface area contributed by atoms with Crippen LogP contribution in [0.3, 0.4) is 0 Å². The van der Waals surface area contributed by atoms with E-state index in [1.165, 1.54) is 180 Å². The van der Waals surface area contributed by atoms with E-state index in [-0.39, 0.29) is 0 Å². The zero-order valence-electron chi connectivity index (χ0n) is 28.5. The SMILES string of the molecule is CCCCCC1=C=CC(CCC)N(C2CCCCCCCCCCC2)N(C)C1C1(C)CCCCCCCCCCC1. The Hall–Kier alpha value is -0.560. The minimum Gasteiger partial charge on any atom is -0.236 e. The molecule has 0 N–H and O–H groups in total. The summed E-state index contributed by atoms with van der Waals surface area (Å²) in [5.41, 5.74) is 6.09. The average molecular weight is 569 g/mol. The average Bonchev–Trinajstić information content (AvgIpc) is 3.08. The normalized spacial score (nSPS) is 28.0. The van der Waals surface area contributed by atoms with Gasteiger partial charge in [0.1, 0.15) is 0 Å². The van der Waals surface area contributed by atoms with Gasteiger partial charge in [-0.05, 0) is 62.0 Å². The third-order valence-corrected chi connectivity index (χ3v) is 11.1. The van der Waals surface area contributed by atoms with Crippen molar-refractivity contribution in [1.29, 1.82) is 0 Å². The lowest BCUT2D eigenvalue weighted by Gasteiger charge is -2.51.